The zero-order chi connectivity index (χ0) is 11.5. The van der Waals surface area contributed by atoms with Crippen molar-refractivity contribution in [2.24, 2.45) is 0 Å². The smallest absolute Gasteiger partial charge is 0.328 e. The van der Waals surface area contributed by atoms with E-state index in [0.29, 0.717) is 19.5 Å². The van der Waals surface area contributed by atoms with E-state index in [-0.39, 0.29) is 5.91 Å². The highest BCUT2D eigenvalue weighted by molar-refractivity contribution is 5.94. The van der Waals surface area contributed by atoms with Gasteiger partial charge in [-0.1, -0.05) is 13.3 Å². The maximum atomic E-state index is 11.3. The molecule has 0 bridgehead atoms. The average Bonchev–Trinajstić information content (AvgIpc) is 2.10. The SMILES string of the molecule is CCCC1(O)CN(C(=O)/C=C/C(=O)O)C1. The van der Waals surface area contributed by atoms with Crippen molar-refractivity contribution >= 4 is 11.9 Å². The summed E-state index contributed by atoms with van der Waals surface area (Å²) in [5, 5.41) is 18.1. The van der Waals surface area contributed by atoms with Crippen LogP contribution in [0.1, 0.15) is 19.8 Å². The van der Waals surface area contributed by atoms with E-state index in [1.165, 1.54) is 4.90 Å². The first-order chi connectivity index (χ1) is 6.97. The van der Waals surface area contributed by atoms with Crippen molar-refractivity contribution in [3.8, 4) is 0 Å². The number of aliphatic carboxylic acids is 1. The molecule has 1 aliphatic heterocycles. The Kier molecular flexibility index (Phi) is 3.47. The molecular formula is C10H15NO4. The zero-order valence-electron chi connectivity index (χ0n) is 8.64. The summed E-state index contributed by atoms with van der Waals surface area (Å²) in [6.45, 7) is 2.56. The monoisotopic (exact) mass is 213 g/mol. The van der Waals surface area contributed by atoms with E-state index in [2.05, 4.69) is 0 Å². The van der Waals surface area contributed by atoms with Gasteiger partial charge in [0.2, 0.25) is 5.91 Å². The van der Waals surface area contributed by atoms with E-state index in [0.717, 1.165) is 18.6 Å². The third-order valence-corrected chi connectivity index (χ3v) is 2.37. The molecule has 5 heteroatoms. The van der Waals surface area contributed by atoms with Crippen LogP contribution in [0.4, 0.5) is 0 Å². The molecule has 0 unspecified atom stereocenters. The molecule has 1 aliphatic rings. The second-order valence-electron chi connectivity index (χ2n) is 3.84. The van der Waals surface area contributed by atoms with Gasteiger partial charge in [-0.25, -0.2) is 4.79 Å². The quantitative estimate of drug-likeness (QED) is 0.644. The number of carbonyl (C=O) groups is 2. The zero-order valence-corrected chi connectivity index (χ0v) is 8.64. The molecule has 15 heavy (non-hydrogen) atoms. The fourth-order valence-corrected chi connectivity index (χ4v) is 1.69. The van der Waals surface area contributed by atoms with Crippen LogP contribution in [-0.4, -0.2) is 45.7 Å². The molecule has 5 nitrogen and oxygen atoms in total. The Morgan fingerprint density at radius 3 is 2.47 bits per heavy atom. The number of rotatable bonds is 4. The number of hydrogen-bond donors (Lipinski definition) is 2. The summed E-state index contributed by atoms with van der Waals surface area (Å²) in [7, 11) is 0. The van der Waals surface area contributed by atoms with E-state index in [9.17, 15) is 14.7 Å². The van der Waals surface area contributed by atoms with Crippen LogP contribution in [0.15, 0.2) is 12.2 Å². The summed E-state index contributed by atoms with van der Waals surface area (Å²) in [6.07, 6.45) is 3.34. The average molecular weight is 213 g/mol. The summed E-state index contributed by atoms with van der Waals surface area (Å²) in [5.41, 5.74) is -0.762. The Balaban J connectivity index is 2.38. The molecule has 84 valence electrons. The van der Waals surface area contributed by atoms with Crippen LogP contribution < -0.4 is 0 Å². The number of amides is 1. The first-order valence-electron chi connectivity index (χ1n) is 4.89. The molecule has 0 aromatic heterocycles. The van der Waals surface area contributed by atoms with Crippen LogP contribution in [0, 0.1) is 0 Å². The van der Waals surface area contributed by atoms with Crippen molar-refractivity contribution in [2.75, 3.05) is 13.1 Å². The van der Waals surface area contributed by atoms with Crippen LogP contribution in [0.2, 0.25) is 0 Å². The number of aliphatic hydroxyl groups is 1. The Morgan fingerprint density at radius 2 is 2.00 bits per heavy atom. The van der Waals surface area contributed by atoms with Gasteiger partial charge in [0.15, 0.2) is 0 Å². The summed E-state index contributed by atoms with van der Waals surface area (Å²) >= 11 is 0. The lowest BCUT2D eigenvalue weighted by Gasteiger charge is -2.46. The van der Waals surface area contributed by atoms with Crippen LogP contribution in [0.25, 0.3) is 0 Å². The molecular weight excluding hydrogens is 198 g/mol. The standard InChI is InChI=1S/C10H15NO4/c1-2-5-10(15)6-11(7-10)8(12)3-4-9(13)14/h3-4,15H,2,5-7H2,1H3,(H,13,14)/b4-3+. The minimum Gasteiger partial charge on any atom is -0.478 e. The van der Waals surface area contributed by atoms with Crippen molar-refractivity contribution in [1.82, 2.24) is 4.90 Å². The van der Waals surface area contributed by atoms with Crippen LogP contribution in [0.5, 0.6) is 0 Å². The Labute approximate surface area is 88.0 Å². The number of likely N-dealkylation sites (tertiary alicyclic amines) is 1. The van der Waals surface area contributed by atoms with Gasteiger partial charge in [-0.3, -0.25) is 4.79 Å². The molecule has 0 radical (unpaired) electrons. The molecule has 1 fully saturated rings. The molecule has 0 aromatic carbocycles. The second kappa shape index (κ2) is 4.44. The Hall–Kier alpha value is -1.36. The summed E-state index contributed by atoms with van der Waals surface area (Å²) in [6, 6.07) is 0. The van der Waals surface area contributed by atoms with Gasteiger partial charge >= 0.3 is 5.97 Å². The Morgan fingerprint density at radius 1 is 1.40 bits per heavy atom. The Bertz CT molecular complexity index is 292. The van der Waals surface area contributed by atoms with E-state index in [1.54, 1.807) is 0 Å². The third-order valence-electron chi connectivity index (χ3n) is 2.37. The predicted octanol–water partition coefficient (Wildman–Crippen LogP) is 0.000600. The second-order valence-corrected chi connectivity index (χ2v) is 3.84. The van der Waals surface area contributed by atoms with Gasteiger partial charge in [0, 0.05) is 12.2 Å². The predicted molar refractivity (Wildman–Crippen MR) is 53.2 cm³/mol. The number of carbonyl (C=O) groups excluding carboxylic acids is 1. The molecule has 1 saturated heterocycles. The van der Waals surface area contributed by atoms with E-state index in [4.69, 9.17) is 5.11 Å². The lowest BCUT2D eigenvalue weighted by atomic mass is 9.89. The molecule has 1 rings (SSSR count). The van der Waals surface area contributed by atoms with Crippen LogP contribution >= 0.6 is 0 Å². The fourth-order valence-electron chi connectivity index (χ4n) is 1.69. The molecule has 2 N–H and O–H groups in total. The number of nitrogens with zero attached hydrogens (tertiary/aromatic N) is 1. The number of carboxylic acids is 1. The van der Waals surface area contributed by atoms with Crippen LogP contribution in [0.3, 0.4) is 0 Å². The van der Waals surface area contributed by atoms with Crippen molar-refractivity contribution in [1.29, 1.82) is 0 Å². The van der Waals surface area contributed by atoms with Gasteiger partial charge in [0.1, 0.15) is 0 Å². The highest BCUT2D eigenvalue weighted by Crippen LogP contribution is 2.25. The van der Waals surface area contributed by atoms with Crippen molar-refractivity contribution in [3.05, 3.63) is 12.2 Å². The summed E-state index contributed by atoms with van der Waals surface area (Å²) in [5.74, 6) is -1.51. The highest BCUT2D eigenvalue weighted by atomic mass is 16.4. The van der Waals surface area contributed by atoms with E-state index < -0.39 is 11.6 Å². The summed E-state index contributed by atoms with van der Waals surface area (Å²) in [4.78, 5) is 22.9. The van der Waals surface area contributed by atoms with E-state index >= 15 is 0 Å². The number of hydrogen-bond acceptors (Lipinski definition) is 3. The molecule has 0 atom stereocenters. The van der Waals surface area contributed by atoms with Crippen molar-refractivity contribution in [3.63, 3.8) is 0 Å². The van der Waals surface area contributed by atoms with Gasteiger partial charge < -0.3 is 15.1 Å². The fraction of sp³-hybridized carbons (Fsp3) is 0.600. The molecule has 1 amide bonds. The van der Waals surface area contributed by atoms with Gasteiger partial charge in [0.25, 0.3) is 0 Å². The first-order valence-corrected chi connectivity index (χ1v) is 4.89. The number of β-amino-alcohol motifs (C(OH)–C–C–N with tert-alkyl or cyclic N) is 1. The largest absolute Gasteiger partial charge is 0.478 e. The minimum absolute atomic E-state index is 0.295. The lowest BCUT2D eigenvalue weighted by molar-refractivity contribution is -0.151. The van der Waals surface area contributed by atoms with Crippen molar-refractivity contribution in [2.45, 2.75) is 25.4 Å². The van der Waals surface area contributed by atoms with Crippen molar-refractivity contribution < 1.29 is 19.8 Å². The lowest BCUT2D eigenvalue weighted by Crippen LogP contribution is -2.63. The molecule has 0 spiro atoms. The highest BCUT2D eigenvalue weighted by Gasteiger charge is 2.41. The van der Waals surface area contributed by atoms with Crippen LogP contribution in [-0.2, 0) is 9.59 Å². The van der Waals surface area contributed by atoms with Gasteiger partial charge in [-0.2, -0.15) is 0 Å². The normalized spacial score (nSPS) is 18.9. The topological polar surface area (TPSA) is 77.8 Å². The molecule has 1 heterocycles. The maximum Gasteiger partial charge on any atom is 0.328 e. The van der Waals surface area contributed by atoms with Gasteiger partial charge in [0.05, 0.1) is 18.7 Å². The van der Waals surface area contributed by atoms with Gasteiger partial charge in [-0.05, 0) is 6.42 Å². The minimum atomic E-state index is -1.15. The van der Waals surface area contributed by atoms with E-state index in [1.807, 2.05) is 6.92 Å². The number of carboxylic acid groups (broad SMARTS) is 1. The maximum absolute atomic E-state index is 11.3. The first kappa shape index (κ1) is 11.7. The third kappa shape index (κ3) is 3.06. The molecule has 0 saturated carbocycles. The van der Waals surface area contributed by atoms with Gasteiger partial charge in [-0.15, -0.1) is 0 Å². The molecule has 0 aliphatic carbocycles. The molecule has 0 aromatic rings. The summed E-state index contributed by atoms with van der Waals surface area (Å²) < 4.78 is 0.